The number of aromatic nitrogens is 1. The van der Waals surface area contributed by atoms with Gasteiger partial charge in [-0.2, -0.15) is 0 Å². The largest absolute Gasteiger partial charge is 0.495 e. The Hall–Kier alpha value is -2.89. The Morgan fingerprint density at radius 3 is 2.44 bits per heavy atom. The lowest BCUT2D eigenvalue weighted by Crippen LogP contribution is -2.11. The van der Waals surface area contributed by atoms with Crippen molar-refractivity contribution in [3.63, 3.8) is 0 Å². The third-order valence-electron chi connectivity index (χ3n) is 4.14. The second kappa shape index (κ2) is 7.39. The minimum Gasteiger partial charge on any atom is -0.495 e. The van der Waals surface area contributed by atoms with Gasteiger partial charge in [0.1, 0.15) is 5.75 Å². The van der Waals surface area contributed by atoms with Crippen molar-refractivity contribution in [2.45, 2.75) is 0 Å². The molecule has 1 amide bonds. The Kier molecular flexibility index (Phi) is 4.79. The summed E-state index contributed by atoms with van der Waals surface area (Å²) in [6, 6.07) is 21.1. The molecule has 27 heavy (non-hydrogen) atoms. The second-order valence-electron chi connectivity index (χ2n) is 5.87. The molecule has 6 heteroatoms. The SMILES string of the molecule is COc1cc2sc(NC(=O)c3ccc(-c4ccccc4)cc3)nc2cc1Cl. The minimum atomic E-state index is -0.202. The molecule has 4 nitrogen and oxygen atoms in total. The van der Waals surface area contributed by atoms with Gasteiger partial charge in [-0.05, 0) is 29.3 Å². The molecule has 3 aromatic carbocycles. The van der Waals surface area contributed by atoms with Gasteiger partial charge in [0.05, 0.1) is 22.3 Å². The fourth-order valence-electron chi connectivity index (χ4n) is 2.75. The number of methoxy groups -OCH3 is 1. The zero-order chi connectivity index (χ0) is 18.8. The number of nitrogens with zero attached hydrogens (tertiary/aromatic N) is 1. The van der Waals surface area contributed by atoms with E-state index in [-0.39, 0.29) is 5.91 Å². The summed E-state index contributed by atoms with van der Waals surface area (Å²) in [6.45, 7) is 0. The molecular formula is C21H15ClN2O2S. The van der Waals surface area contributed by atoms with E-state index in [1.807, 2.05) is 60.7 Å². The van der Waals surface area contributed by atoms with Gasteiger partial charge in [0, 0.05) is 11.6 Å². The topological polar surface area (TPSA) is 51.2 Å². The molecule has 0 aliphatic carbocycles. The lowest BCUT2D eigenvalue weighted by Gasteiger charge is -2.04. The summed E-state index contributed by atoms with van der Waals surface area (Å²) in [6.07, 6.45) is 0. The van der Waals surface area contributed by atoms with Gasteiger partial charge in [-0.25, -0.2) is 4.98 Å². The van der Waals surface area contributed by atoms with E-state index >= 15 is 0 Å². The molecule has 4 aromatic rings. The monoisotopic (exact) mass is 394 g/mol. The van der Waals surface area contributed by atoms with Gasteiger partial charge < -0.3 is 4.74 Å². The van der Waals surface area contributed by atoms with Crippen LogP contribution in [0.3, 0.4) is 0 Å². The van der Waals surface area contributed by atoms with E-state index < -0.39 is 0 Å². The number of hydrogen-bond acceptors (Lipinski definition) is 4. The summed E-state index contributed by atoms with van der Waals surface area (Å²) in [7, 11) is 1.57. The van der Waals surface area contributed by atoms with Crippen molar-refractivity contribution < 1.29 is 9.53 Å². The molecule has 0 unspecified atom stereocenters. The van der Waals surface area contributed by atoms with E-state index in [1.54, 1.807) is 13.2 Å². The number of fused-ring (bicyclic) bond motifs is 1. The number of carbonyl (C=O) groups is 1. The molecule has 0 radical (unpaired) electrons. The van der Waals surface area contributed by atoms with Crippen molar-refractivity contribution in [2.24, 2.45) is 0 Å². The van der Waals surface area contributed by atoms with Crippen LogP contribution in [0.2, 0.25) is 5.02 Å². The van der Waals surface area contributed by atoms with Crippen molar-refractivity contribution in [3.8, 4) is 16.9 Å². The molecule has 0 fully saturated rings. The molecule has 134 valence electrons. The molecule has 0 bridgehead atoms. The van der Waals surface area contributed by atoms with Gasteiger partial charge in [0.2, 0.25) is 0 Å². The highest BCUT2D eigenvalue weighted by molar-refractivity contribution is 7.22. The minimum absolute atomic E-state index is 0.202. The van der Waals surface area contributed by atoms with E-state index in [9.17, 15) is 4.79 Å². The molecule has 1 N–H and O–H groups in total. The number of halogens is 1. The summed E-state index contributed by atoms with van der Waals surface area (Å²) < 4.78 is 6.11. The van der Waals surface area contributed by atoms with Gasteiger partial charge in [0.15, 0.2) is 5.13 Å². The molecule has 0 aliphatic heterocycles. The third-order valence-corrected chi connectivity index (χ3v) is 5.37. The van der Waals surface area contributed by atoms with Crippen LogP contribution in [0.15, 0.2) is 66.7 Å². The van der Waals surface area contributed by atoms with Crippen LogP contribution in [0.25, 0.3) is 21.3 Å². The molecule has 0 atom stereocenters. The second-order valence-corrected chi connectivity index (χ2v) is 7.31. The quantitative estimate of drug-likeness (QED) is 0.470. The van der Waals surface area contributed by atoms with E-state index in [0.29, 0.717) is 21.5 Å². The molecule has 1 heterocycles. The first-order valence-electron chi connectivity index (χ1n) is 8.25. The first-order valence-corrected chi connectivity index (χ1v) is 9.44. The number of hydrogen-bond donors (Lipinski definition) is 1. The number of amides is 1. The lowest BCUT2D eigenvalue weighted by atomic mass is 10.0. The van der Waals surface area contributed by atoms with E-state index in [4.69, 9.17) is 16.3 Å². The van der Waals surface area contributed by atoms with Gasteiger partial charge in [0.25, 0.3) is 5.91 Å². The van der Waals surface area contributed by atoms with Crippen LogP contribution in [0, 0.1) is 0 Å². The predicted molar refractivity (Wildman–Crippen MR) is 111 cm³/mol. The highest BCUT2D eigenvalue weighted by Crippen LogP contribution is 2.34. The molecular weight excluding hydrogens is 380 g/mol. The van der Waals surface area contributed by atoms with Gasteiger partial charge in [-0.3, -0.25) is 10.1 Å². The Balaban J connectivity index is 1.54. The van der Waals surface area contributed by atoms with Gasteiger partial charge >= 0.3 is 0 Å². The number of benzene rings is 3. The number of thiazole rings is 1. The van der Waals surface area contributed by atoms with Crippen molar-refractivity contribution in [3.05, 3.63) is 77.3 Å². The fourth-order valence-corrected chi connectivity index (χ4v) is 3.86. The Morgan fingerprint density at radius 1 is 1.04 bits per heavy atom. The van der Waals surface area contributed by atoms with Crippen LogP contribution in [0.1, 0.15) is 10.4 Å². The molecule has 0 saturated heterocycles. The Labute approximate surface area is 165 Å². The van der Waals surface area contributed by atoms with Crippen LogP contribution in [-0.4, -0.2) is 18.0 Å². The third kappa shape index (κ3) is 3.65. The van der Waals surface area contributed by atoms with Crippen LogP contribution >= 0.6 is 22.9 Å². The molecule has 0 saturated carbocycles. The summed E-state index contributed by atoms with van der Waals surface area (Å²) in [5.41, 5.74) is 3.47. The number of rotatable bonds is 4. The Bertz CT molecular complexity index is 1110. The summed E-state index contributed by atoms with van der Waals surface area (Å²) in [5.74, 6) is 0.383. The number of carbonyl (C=O) groups excluding carboxylic acids is 1. The molecule has 0 spiro atoms. The lowest BCUT2D eigenvalue weighted by molar-refractivity contribution is 0.102. The molecule has 1 aromatic heterocycles. The average molecular weight is 395 g/mol. The van der Waals surface area contributed by atoms with Crippen molar-refractivity contribution in [1.82, 2.24) is 4.98 Å². The Morgan fingerprint density at radius 2 is 1.74 bits per heavy atom. The zero-order valence-electron chi connectivity index (χ0n) is 14.4. The van der Waals surface area contributed by atoms with Crippen molar-refractivity contribution in [2.75, 3.05) is 12.4 Å². The van der Waals surface area contributed by atoms with Gasteiger partial charge in [-0.15, -0.1) is 0 Å². The highest BCUT2D eigenvalue weighted by Gasteiger charge is 2.12. The normalized spacial score (nSPS) is 10.7. The van der Waals surface area contributed by atoms with Crippen LogP contribution < -0.4 is 10.1 Å². The van der Waals surface area contributed by atoms with Crippen LogP contribution in [-0.2, 0) is 0 Å². The molecule has 4 rings (SSSR count). The van der Waals surface area contributed by atoms with Crippen LogP contribution in [0.4, 0.5) is 5.13 Å². The van der Waals surface area contributed by atoms with Crippen molar-refractivity contribution in [1.29, 1.82) is 0 Å². The number of anilines is 1. The van der Waals surface area contributed by atoms with E-state index in [1.165, 1.54) is 11.3 Å². The first kappa shape index (κ1) is 17.5. The summed E-state index contributed by atoms with van der Waals surface area (Å²) in [5, 5.41) is 3.86. The summed E-state index contributed by atoms with van der Waals surface area (Å²) >= 11 is 7.51. The van der Waals surface area contributed by atoms with E-state index in [2.05, 4.69) is 10.3 Å². The maximum atomic E-state index is 12.5. The van der Waals surface area contributed by atoms with Crippen LogP contribution in [0.5, 0.6) is 5.75 Å². The average Bonchev–Trinajstić information content (AvgIpc) is 3.09. The smallest absolute Gasteiger partial charge is 0.257 e. The standard InChI is InChI=1S/C21H15ClN2O2S/c1-26-18-12-19-17(11-16(18)22)23-21(27-19)24-20(25)15-9-7-14(8-10-15)13-5-3-2-4-6-13/h2-12H,1H3,(H,23,24,25). The van der Waals surface area contributed by atoms with Crippen molar-refractivity contribution >= 4 is 44.2 Å². The predicted octanol–water partition coefficient (Wildman–Crippen LogP) is 5.88. The number of nitrogens with one attached hydrogen (secondary N) is 1. The van der Waals surface area contributed by atoms with Gasteiger partial charge in [-0.1, -0.05) is 65.4 Å². The molecule has 0 aliphatic rings. The first-order chi connectivity index (χ1) is 13.1. The maximum absolute atomic E-state index is 12.5. The maximum Gasteiger partial charge on any atom is 0.257 e. The fraction of sp³-hybridized carbons (Fsp3) is 0.0476. The highest BCUT2D eigenvalue weighted by atomic mass is 35.5. The summed E-state index contributed by atoms with van der Waals surface area (Å²) in [4.78, 5) is 17.0. The van der Waals surface area contributed by atoms with E-state index in [0.717, 1.165) is 21.3 Å². The zero-order valence-corrected chi connectivity index (χ0v) is 16.0. The number of ether oxygens (including phenoxy) is 1.